The van der Waals surface area contributed by atoms with Gasteiger partial charge in [-0.25, -0.2) is 18.1 Å². The Labute approximate surface area is 211 Å². The summed E-state index contributed by atoms with van der Waals surface area (Å²) in [5.41, 5.74) is 1.40. The minimum Gasteiger partial charge on any atom is -0.491 e. The molecule has 1 aliphatic rings. The van der Waals surface area contributed by atoms with Gasteiger partial charge in [0.05, 0.1) is 22.7 Å². The van der Waals surface area contributed by atoms with Crippen LogP contribution in [0.1, 0.15) is 44.5 Å². The standard InChI is InChI=1S/C26H30N4O5S/c1-16(2)11-20-15-34-24-14-23(18-7-5-9-21(12-18)35-17(3)4)28-26(29-24)30-36(32,33)22-10-6-8-19(13-22)25(31)27-20/h5-10,12-14,16-17,20H,11,15H2,1-4H3,(H,27,31)(H,28,29,30)/t20-/m1/s1. The summed E-state index contributed by atoms with van der Waals surface area (Å²) in [5, 5.41) is 2.96. The van der Waals surface area contributed by atoms with Crippen LogP contribution in [0.2, 0.25) is 0 Å². The van der Waals surface area contributed by atoms with Crippen molar-refractivity contribution in [3.05, 3.63) is 60.2 Å². The summed E-state index contributed by atoms with van der Waals surface area (Å²) < 4.78 is 40.5. The Balaban J connectivity index is 1.79. The van der Waals surface area contributed by atoms with Crippen molar-refractivity contribution in [2.75, 3.05) is 11.3 Å². The predicted molar refractivity (Wildman–Crippen MR) is 137 cm³/mol. The van der Waals surface area contributed by atoms with Gasteiger partial charge in [-0.15, -0.1) is 0 Å². The van der Waals surface area contributed by atoms with E-state index in [4.69, 9.17) is 9.47 Å². The van der Waals surface area contributed by atoms with Gasteiger partial charge in [-0.3, -0.25) is 4.79 Å². The molecule has 1 aromatic heterocycles. The summed E-state index contributed by atoms with van der Waals surface area (Å²) in [7, 11) is -4.07. The molecule has 2 aromatic carbocycles. The van der Waals surface area contributed by atoms with Crippen LogP contribution >= 0.6 is 0 Å². The van der Waals surface area contributed by atoms with Crippen molar-refractivity contribution in [3.8, 4) is 22.9 Å². The molecule has 2 heterocycles. The largest absolute Gasteiger partial charge is 0.491 e. The molecular weight excluding hydrogens is 480 g/mol. The zero-order valence-electron chi connectivity index (χ0n) is 20.7. The molecule has 0 spiro atoms. The van der Waals surface area contributed by atoms with Crippen molar-refractivity contribution in [2.45, 2.75) is 51.2 Å². The van der Waals surface area contributed by atoms with Gasteiger partial charge in [-0.05, 0) is 56.5 Å². The zero-order chi connectivity index (χ0) is 25.9. The number of anilines is 1. The fraction of sp³-hybridized carbons (Fsp3) is 0.346. The van der Waals surface area contributed by atoms with E-state index in [1.807, 2.05) is 38.1 Å². The average molecular weight is 511 g/mol. The van der Waals surface area contributed by atoms with E-state index in [0.717, 1.165) is 0 Å². The van der Waals surface area contributed by atoms with Crippen molar-refractivity contribution in [1.82, 2.24) is 15.3 Å². The molecule has 1 amide bonds. The number of rotatable bonds is 5. The third kappa shape index (κ3) is 6.31. The normalized spacial score (nSPS) is 17.2. The highest BCUT2D eigenvalue weighted by atomic mass is 32.2. The first kappa shape index (κ1) is 25.4. The molecule has 0 saturated heterocycles. The second kappa shape index (κ2) is 10.5. The summed E-state index contributed by atoms with van der Waals surface area (Å²) in [4.78, 5) is 21.6. The number of nitrogens with one attached hydrogen (secondary N) is 2. The molecule has 0 fully saturated rings. The van der Waals surface area contributed by atoms with Crippen molar-refractivity contribution in [1.29, 1.82) is 0 Å². The molecule has 0 unspecified atom stereocenters. The minimum atomic E-state index is -4.07. The van der Waals surface area contributed by atoms with E-state index >= 15 is 0 Å². The Morgan fingerprint density at radius 2 is 1.78 bits per heavy atom. The van der Waals surface area contributed by atoms with E-state index in [0.29, 0.717) is 29.3 Å². The lowest BCUT2D eigenvalue weighted by molar-refractivity contribution is 0.0913. The first-order chi connectivity index (χ1) is 17.1. The number of hydrogen-bond donors (Lipinski definition) is 2. The van der Waals surface area contributed by atoms with Crippen LogP contribution in [0.15, 0.2) is 59.5 Å². The number of sulfonamides is 1. The Morgan fingerprint density at radius 1 is 1.03 bits per heavy atom. The zero-order valence-corrected chi connectivity index (χ0v) is 21.5. The number of nitrogens with zero attached hydrogens (tertiary/aromatic N) is 2. The number of ether oxygens (including phenoxy) is 2. The second-order valence-corrected chi connectivity index (χ2v) is 11.0. The molecule has 1 atom stereocenters. The molecule has 0 saturated carbocycles. The maximum atomic E-state index is 13.1. The molecule has 9 nitrogen and oxygen atoms in total. The lowest BCUT2D eigenvalue weighted by Crippen LogP contribution is -2.40. The molecule has 10 heteroatoms. The highest BCUT2D eigenvalue weighted by Gasteiger charge is 2.23. The van der Waals surface area contributed by atoms with Crippen LogP contribution in [0, 0.1) is 5.92 Å². The van der Waals surface area contributed by atoms with Gasteiger partial charge in [-0.1, -0.05) is 32.0 Å². The van der Waals surface area contributed by atoms with Gasteiger partial charge in [0, 0.05) is 17.2 Å². The van der Waals surface area contributed by atoms with E-state index in [2.05, 4.69) is 33.9 Å². The predicted octanol–water partition coefficient (Wildman–Crippen LogP) is 4.27. The Bertz CT molecular complexity index is 1360. The molecule has 3 aromatic rings. The van der Waals surface area contributed by atoms with Gasteiger partial charge in [-0.2, -0.15) is 4.98 Å². The van der Waals surface area contributed by atoms with E-state index in [1.54, 1.807) is 12.1 Å². The SMILES string of the molecule is CC(C)C[C@@H]1COc2cc(-c3cccc(OC(C)C)c3)nc(n2)NS(=O)(=O)c2cccc(c2)C(=O)N1. The van der Waals surface area contributed by atoms with E-state index in [9.17, 15) is 13.2 Å². The molecule has 36 heavy (non-hydrogen) atoms. The Hall–Kier alpha value is -3.66. The summed E-state index contributed by atoms with van der Waals surface area (Å²) in [5.74, 6) is 0.626. The molecule has 0 radical (unpaired) electrons. The van der Waals surface area contributed by atoms with Crippen molar-refractivity contribution < 1.29 is 22.7 Å². The monoisotopic (exact) mass is 510 g/mol. The van der Waals surface area contributed by atoms with Gasteiger partial charge in [0.2, 0.25) is 11.8 Å². The fourth-order valence-electron chi connectivity index (χ4n) is 3.87. The maximum Gasteiger partial charge on any atom is 0.264 e. The Morgan fingerprint density at radius 3 is 2.53 bits per heavy atom. The number of hydrogen-bond acceptors (Lipinski definition) is 7. The number of amides is 1. The van der Waals surface area contributed by atoms with E-state index in [-0.39, 0.29) is 46.9 Å². The molecule has 190 valence electrons. The summed E-state index contributed by atoms with van der Waals surface area (Å²) >= 11 is 0. The number of carbonyl (C=O) groups excluding carboxylic acids is 1. The van der Waals surface area contributed by atoms with Gasteiger partial charge >= 0.3 is 0 Å². The van der Waals surface area contributed by atoms with Crippen LogP contribution in [0.3, 0.4) is 0 Å². The number of fused-ring (bicyclic) bond motifs is 4. The quantitative estimate of drug-likeness (QED) is 0.526. The van der Waals surface area contributed by atoms with Gasteiger partial charge in [0.25, 0.3) is 15.9 Å². The lowest BCUT2D eigenvalue weighted by Gasteiger charge is -2.21. The molecule has 2 N–H and O–H groups in total. The third-order valence-electron chi connectivity index (χ3n) is 5.36. The number of aromatic nitrogens is 2. The van der Waals surface area contributed by atoms with Gasteiger partial charge < -0.3 is 14.8 Å². The highest BCUT2D eigenvalue weighted by molar-refractivity contribution is 7.92. The van der Waals surface area contributed by atoms with Crippen molar-refractivity contribution in [2.24, 2.45) is 5.92 Å². The summed E-state index contributed by atoms with van der Waals surface area (Å²) in [6.45, 7) is 8.13. The summed E-state index contributed by atoms with van der Waals surface area (Å²) in [6, 6.07) is 14.5. The van der Waals surface area contributed by atoms with Crippen LogP contribution in [0.25, 0.3) is 11.3 Å². The Kier molecular flexibility index (Phi) is 7.44. The smallest absolute Gasteiger partial charge is 0.264 e. The minimum absolute atomic E-state index is 0.00902. The molecule has 4 bridgehead atoms. The number of benzene rings is 2. The van der Waals surface area contributed by atoms with Crippen LogP contribution in [0.5, 0.6) is 11.6 Å². The first-order valence-corrected chi connectivity index (χ1v) is 13.3. The molecule has 1 aliphatic heterocycles. The summed E-state index contributed by atoms with van der Waals surface area (Å²) in [6.07, 6.45) is 0.659. The van der Waals surface area contributed by atoms with Crippen LogP contribution in [-0.4, -0.2) is 43.0 Å². The first-order valence-electron chi connectivity index (χ1n) is 11.8. The van der Waals surface area contributed by atoms with E-state index < -0.39 is 10.0 Å². The highest BCUT2D eigenvalue weighted by Crippen LogP contribution is 2.28. The number of carbonyl (C=O) groups is 1. The van der Waals surface area contributed by atoms with Gasteiger partial charge in [0.1, 0.15) is 12.4 Å². The van der Waals surface area contributed by atoms with Crippen LogP contribution in [0.4, 0.5) is 5.95 Å². The van der Waals surface area contributed by atoms with E-state index in [1.165, 1.54) is 18.2 Å². The van der Waals surface area contributed by atoms with Crippen molar-refractivity contribution in [3.63, 3.8) is 0 Å². The average Bonchev–Trinajstić information content (AvgIpc) is 2.81. The van der Waals surface area contributed by atoms with Crippen LogP contribution in [-0.2, 0) is 10.0 Å². The maximum absolute atomic E-state index is 13.1. The molecule has 0 aliphatic carbocycles. The molecular formula is C26H30N4O5S. The molecule has 4 rings (SSSR count). The second-order valence-electron chi connectivity index (χ2n) is 9.35. The van der Waals surface area contributed by atoms with Gasteiger partial charge in [0.15, 0.2) is 0 Å². The topological polar surface area (TPSA) is 120 Å². The van der Waals surface area contributed by atoms with Crippen molar-refractivity contribution >= 4 is 21.9 Å². The third-order valence-corrected chi connectivity index (χ3v) is 6.69. The lowest BCUT2D eigenvalue weighted by atomic mass is 10.0. The van der Waals surface area contributed by atoms with Crippen LogP contribution < -0.4 is 19.5 Å². The fourth-order valence-corrected chi connectivity index (χ4v) is 4.86.